The zero-order valence-electron chi connectivity index (χ0n) is 11.5. The minimum absolute atomic E-state index is 0.174. The van der Waals surface area contributed by atoms with E-state index in [-0.39, 0.29) is 17.7 Å². The van der Waals surface area contributed by atoms with Gasteiger partial charge in [0.2, 0.25) is 0 Å². The Balaban J connectivity index is 2.01. The van der Waals surface area contributed by atoms with Gasteiger partial charge in [0.1, 0.15) is 11.6 Å². The van der Waals surface area contributed by atoms with Gasteiger partial charge >= 0.3 is 0 Å². The lowest BCUT2D eigenvalue weighted by atomic mass is 10.0. The number of anilines is 1. The number of nitrogens with zero attached hydrogens (tertiary/aromatic N) is 1. The van der Waals surface area contributed by atoms with Crippen molar-refractivity contribution in [3.8, 4) is 11.3 Å². The highest BCUT2D eigenvalue weighted by molar-refractivity contribution is 5.79. The maximum absolute atomic E-state index is 14.3. The number of halogens is 1. The van der Waals surface area contributed by atoms with Crippen molar-refractivity contribution in [1.29, 1.82) is 0 Å². The number of carbonyl (C=O) groups excluding carboxylic acids is 1. The molecule has 1 N–H and O–H groups in total. The lowest BCUT2D eigenvalue weighted by Crippen LogP contribution is -2.36. The first kappa shape index (κ1) is 13.8. The van der Waals surface area contributed by atoms with Gasteiger partial charge in [0.05, 0.1) is 17.4 Å². The Morgan fingerprint density at radius 2 is 2.00 bits per heavy atom. The molecule has 0 saturated carbocycles. The molecule has 1 aliphatic rings. The number of hydrogen-bond acceptors (Lipinski definition) is 4. The summed E-state index contributed by atoms with van der Waals surface area (Å²) < 4.78 is 19.6. The van der Waals surface area contributed by atoms with Gasteiger partial charge in [-0.05, 0) is 37.1 Å². The van der Waals surface area contributed by atoms with Crippen molar-refractivity contribution in [2.24, 2.45) is 0 Å². The molecule has 1 saturated heterocycles. The van der Waals surface area contributed by atoms with Crippen LogP contribution in [0.15, 0.2) is 34.7 Å². The fraction of sp³-hybridized carbons (Fsp3) is 0.312. The van der Waals surface area contributed by atoms with E-state index < -0.39 is 0 Å². The van der Waals surface area contributed by atoms with Crippen LogP contribution in [-0.2, 0) is 0 Å². The number of aliphatic hydroxyl groups is 1. The second kappa shape index (κ2) is 5.69. The molecule has 5 heteroatoms. The Morgan fingerprint density at radius 3 is 2.67 bits per heavy atom. The average molecular weight is 289 g/mol. The maximum atomic E-state index is 14.3. The van der Waals surface area contributed by atoms with Gasteiger partial charge < -0.3 is 14.4 Å². The molecule has 1 fully saturated rings. The van der Waals surface area contributed by atoms with E-state index in [1.807, 2.05) is 11.0 Å². The number of rotatable bonds is 3. The Labute approximate surface area is 121 Å². The summed E-state index contributed by atoms with van der Waals surface area (Å²) in [5.74, 6) is 0.134. The molecule has 0 amide bonds. The molecule has 1 aromatic carbocycles. The van der Waals surface area contributed by atoms with Crippen molar-refractivity contribution < 1.29 is 18.7 Å². The molecule has 110 valence electrons. The first-order valence-corrected chi connectivity index (χ1v) is 6.96. The van der Waals surface area contributed by atoms with Crippen LogP contribution in [0.2, 0.25) is 0 Å². The predicted octanol–water partition coefficient (Wildman–Crippen LogP) is 2.86. The highest BCUT2D eigenvalue weighted by atomic mass is 19.1. The van der Waals surface area contributed by atoms with Crippen molar-refractivity contribution in [2.75, 3.05) is 18.0 Å². The summed E-state index contributed by atoms with van der Waals surface area (Å²) in [6.07, 6.45) is 1.63. The SMILES string of the molecule is O=Cc1ccc(-c2c(F)cccc2N2CCC(O)CC2)o1. The van der Waals surface area contributed by atoms with Crippen molar-refractivity contribution in [3.63, 3.8) is 0 Å². The topological polar surface area (TPSA) is 53.7 Å². The molecule has 3 rings (SSSR count). The van der Waals surface area contributed by atoms with E-state index in [2.05, 4.69) is 0 Å². The molecule has 0 spiro atoms. The summed E-state index contributed by atoms with van der Waals surface area (Å²) >= 11 is 0. The largest absolute Gasteiger partial charge is 0.453 e. The van der Waals surface area contributed by atoms with E-state index >= 15 is 0 Å². The van der Waals surface area contributed by atoms with E-state index in [1.54, 1.807) is 12.1 Å². The monoisotopic (exact) mass is 289 g/mol. The Bertz CT molecular complexity index is 645. The van der Waals surface area contributed by atoms with Gasteiger partial charge in [-0.1, -0.05) is 6.07 Å². The lowest BCUT2D eigenvalue weighted by molar-refractivity contribution is 0.110. The fourth-order valence-electron chi connectivity index (χ4n) is 2.68. The van der Waals surface area contributed by atoms with Crippen molar-refractivity contribution in [1.82, 2.24) is 0 Å². The molecular formula is C16H16FNO3. The summed E-state index contributed by atoms with van der Waals surface area (Å²) in [5, 5.41) is 9.59. The molecule has 1 aliphatic heterocycles. The second-order valence-electron chi connectivity index (χ2n) is 5.17. The van der Waals surface area contributed by atoms with Crippen molar-refractivity contribution >= 4 is 12.0 Å². The summed E-state index contributed by atoms with van der Waals surface area (Å²) in [6.45, 7) is 1.33. The first-order valence-electron chi connectivity index (χ1n) is 6.96. The third kappa shape index (κ3) is 2.69. The number of benzene rings is 1. The van der Waals surface area contributed by atoms with Gasteiger partial charge in [-0.2, -0.15) is 0 Å². The van der Waals surface area contributed by atoms with Crippen LogP contribution in [-0.4, -0.2) is 30.6 Å². The zero-order chi connectivity index (χ0) is 14.8. The number of aliphatic hydroxyl groups excluding tert-OH is 1. The summed E-state index contributed by atoms with van der Waals surface area (Å²) in [7, 11) is 0. The van der Waals surface area contributed by atoms with Crippen LogP contribution in [0.1, 0.15) is 23.4 Å². The molecule has 2 aromatic rings. The molecule has 0 radical (unpaired) electrons. The molecule has 0 aliphatic carbocycles. The molecule has 1 aromatic heterocycles. The molecule has 0 atom stereocenters. The van der Waals surface area contributed by atoms with Crippen LogP contribution < -0.4 is 4.90 Å². The van der Waals surface area contributed by atoms with Crippen LogP contribution in [0.5, 0.6) is 0 Å². The third-order valence-corrected chi connectivity index (χ3v) is 3.79. The van der Waals surface area contributed by atoms with Gasteiger partial charge in [-0.3, -0.25) is 4.79 Å². The smallest absolute Gasteiger partial charge is 0.185 e. The van der Waals surface area contributed by atoms with Crippen LogP contribution in [0.4, 0.5) is 10.1 Å². The van der Waals surface area contributed by atoms with E-state index in [1.165, 1.54) is 12.1 Å². The molecule has 21 heavy (non-hydrogen) atoms. The number of carbonyl (C=O) groups is 1. The van der Waals surface area contributed by atoms with Gasteiger partial charge in [0.15, 0.2) is 12.0 Å². The minimum Gasteiger partial charge on any atom is -0.453 e. The lowest BCUT2D eigenvalue weighted by Gasteiger charge is -2.32. The highest BCUT2D eigenvalue weighted by Gasteiger charge is 2.23. The number of piperidine rings is 1. The van der Waals surface area contributed by atoms with Gasteiger partial charge in [-0.25, -0.2) is 4.39 Å². The Morgan fingerprint density at radius 1 is 1.24 bits per heavy atom. The summed E-state index contributed by atoms with van der Waals surface area (Å²) in [4.78, 5) is 12.8. The standard InChI is InChI=1S/C16H16FNO3/c17-13-2-1-3-14(18-8-6-11(20)7-9-18)16(13)15-5-4-12(10-19)21-15/h1-5,10-11,20H,6-9H2. The quantitative estimate of drug-likeness (QED) is 0.883. The minimum atomic E-state index is -0.384. The molecule has 0 bridgehead atoms. The number of aldehydes is 1. The molecule has 0 unspecified atom stereocenters. The van der Waals surface area contributed by atoms with E-state index in [0.717, 1.165) is 5.69 Å². The Hall–Kier alpha value is -2.14. The van der Waals surface area contributed by atoms with E-state index in [9.17, 15) is 14.3 Å². The van der Waals surface area contributed by atoms with E-state index in [4.69, 9.17) is 4.42 Å². The third-order valence-electron chi connectivity index (χ3n) is 3.79. The highest BCUT2D eigenvalue weighted by Crippen LogP contribution is 2.35. The van der Waals surface area contributed by atoms with Crippen LogP contribution in [0.25, 0.3) is 11.3 Å². The van der Waals surface area contributed by atoms with Crippen molar-refractivity contribution in [2.45, 2.75) is 18.9 Å². The van der Waals surface area contributed by atoms with Gasteiger partial charge in [0, 0.05) is 13.1 Å². The van der Waals surface area contributed by atoms with Crippen LogP contribution >= 0.6 is 0 Å². The Kier molecular flexibility index (Phi) is 3.75. The van der Waals surface area contributed by atoms with E-state index in [0.29, 0.717) is 43.5 Å². The second-order valence-corrected chi connectivity index (χ2v) is 5.17. The van der Waals surface area contributed by atoms with Crippen molar-refractivity contribution in [3.05, 3.63) is 41.9 Å². The zero-order valence-corrected chi connectivity index (χ0v) is 11.5. The van der Waals surface area contributed by atoms with Gasteiger partial charge in [0.25, 0.3) is 0 Å². The maximum Gasteiger partial charge on any atom is 0.185 e. The average Bonchev–Trinajstić information content (AvgIpc) is 2.96. The summed E-state index contributed by atoms with van der Waals surface area (Å²) in [5.41, 5.74) is 1.09. The first-order chi connectivity index (χ1) is 10.2. The molecule has 2 heterocycles. The number of furan rings is 1. The van der Waals surface area contributed by atoms with Crippen LogP contribution in [0, 0.1) is 5.82 Å². The van der Waals surface area contributed by atoms with Gasteiger partial charge in [-0.15, -0.1) is 0 Å². The molecular weight excluding hydrogens is 273 g/mol. The number of hydrogen-bond donors (Lipinski definition) is 1. The normalized spacial score (nSPS) is 16.2. The molecule has 4 nitrogen and oxygen atoms in total. The van der Waals surface area contributed by atoms with Crippen LogP contribution in [0.3, 0.4) is 0 Å². The summed E-state index contributed by atoms with van der Waals surface area (Å²) in [6, 6.07) is 7.99. The fourth-order valence-corrected chi connectivity index (χ4v) is 2.68. The predicted molar refractivity (Wildman–Crippen MR) is 76.9 cm³/mol.